The maximum absolute atomic E-state index is 12.4. The average Bonchev–Trinajstić information content (AvgIpc) is 2.58. The first-order chi connectivity index (χ1) is 11.5. The second-order valence-corrected chi connectivity index (χ2v) is 6.54. The van der Waals surface area contributed by atoms with Crippen molar-refractivity contribution in [3.63, 3.8) is 0 Å². The van der Waals surface area contributed by atoms with Crippen LogP contribution in [0.1, 0.15) is 12.5 Å². The van der Waals surface area contributed by atoms with Crippen LogP contribution in [0.5, 0.6) is 5.75 Å². The molecule has 0 spiro atoms. The summed E-state index contributed by atoms with van der Waals surface area (Å²) in [5.41, 5.74) is 1.82. The highest BCUT2D eigenvalue weighted by atomic mass is 79.9. The number of carbonyl (C=O) groups is 1. The molecular weight excluding hydrogens is 366 g/mol. The third-order valence-corrected chi connectivity index (χ3v) is 4.74. The lowest BCUT2D eigenvalue weighted by Gasteiger charge is -2.16. The van der Waals surface area contributed by atoms with Crippen LogP contribution in [0.25, 0.3) is 10.8 Å². The second-order valence-electron chi connectivity index (χ2n) is 5.69. The van der Waals surface area contributed by atoms with Gasteiger partial charge in [0.05, 0.1) is 0 Å². The van der Waals surface area contributed by atoms with E-state index in [0.717, 1.165) is 26.5 Å². The molecule has 1 atom stereocenters. The normalized spacial score (nSPS) is 12.0. The van der Waals surface area contributed by atoms with Gasteiger partial charge in [-0.2, -0.15) is 0 Å². The molecule has 0 saturated carbocycles. The van der Waals surface area contributed by atoms with Gasteiger partial charge in [-0.1, -0.05) is 52.3 Å². The van der Waals surface area contributed by atoms with Crippen molar-refractivity contribution in [1.82, 2.24) is 0 Å². The Morgan fingerprint density at radius 1 is 1.08 bits per heavy atom. The van der Waals surface area contributed by atoms with Gasteiger partial charge in [-0.3, -0.25) is 4.79 Å². The SMILES string of the molecule is Cc1cc(NC(=O)[C@@H](C)Oc2cccc3ccccc23)ccc1Br. The van der Waals surface area contributed by atoms with E-state index >= 15 is 0 Å². The van der Waals surface area contributed by atoms with E-state index in [1.165, 1.54) is 0 Å². The zero-order chi connectivity index (χ0) is 17.1. The molecule has 1 amide bonds. The minimum atomic E-state index is -0.597. The molecule has 0 bridgehead atoms. The van der Waals surface area contributed by atoms with Gasteiger partial charge < -0.3 is 10.1 Å². The highest BCUT2D eigenvalue weighted by Crippen LogP contribution is 2.26. The van der Waals surface area contributed by atoms with Gasteiger partial charge in [-0.05, 0) is 49.1 Å². The van der Waals surface area contributed by atoms with Crippen LogP contribution in [0.4, 0.5) is 5.69 Å². The van der Waals surface area contributed by atoms with Crippen molar-refractivity contribution in [3.05, 3.63) is 70.7 Å². The standard InChI is InChI=1S/C20H18BrNO2/c1-13-12-16(10-11-18(13)21)22-20(23)14(2)24-19-9-5-7-15-6-3-4-8-17(15)19/h3-12,14H,1-2H3,(H,22,23)/t14-/m1/s1. The second kappa shape index (κ2) is 7.05. The fraction of sp³-hybridized carbons (Fsp3) is 0.150. The molecule has 0 radical (unpaired) electrons. The Morgan fingerprint density at radius 3 is 2.62 bits per heavy atom. The summed E-state index contributed by atoms with van der Waals surface area (Å²) in [5.74, 6) is 0.535. The van der Waals surface area contributed by atoms with Crippen LogP contribution in [-0.2, 0) is 4.79 Å². The number of fused-ring (bicyclic) bond motifs is 1. The summed E-state index contributed by atoms with van der Waals surface area (Å²) in [7, 11) is 0. The van der Waals surface area contributed by atoms with Crippen molar-refractivity contribution in [2.75, 3.05) is 5.32 Å². The summed E-state index contributed by atoms with van der Waals surface area (Å²) in [4.78, 5) is 12.4. The molecule has 0 saturated heterocycles. The molecule has 0 aliphatic carbocycles. The van der Waals surface area contributed by atoms with Gasteiger partial charge in [0.15, 0.2) is 6.10 Å². The van der Waals surface area contributed by atoms with E-state index < -0.39 is 6.10 Å². The monoisotopic (exact) mass is 383 g/mol. The number of halogens is 1. The van der Waals surface area contributed by atoms with Gasteiger partial charge in [0.2, 0.25) is 0 Å². The summed E-state index contributed by atoms with van der Waals surface area (Å²) in [6.45, 7) is 3.73. The number of carbonyl (C=O) groups excluding carboxylic acids is 1. The molecule has 3 nitrogen and oxygen atoms in total. The number of hydrogen-bond acceptors (Lipinski definition) is 2. The number of ether oxygens (including phenoxy) is 1. The predicted octanol–water partition coefficient (Wildman–Crippen LogP) is 5.32. The lowest BCUT2D eigenvalue weighted by molar-refractivity contribution is -0.122. The maximum atomic E-state index is 12.4. The molecule has 3 aromatic rings. The van der Waals surface area contributed by atoms with Gasteiger partial charge in [-0.15, -0.1) is 0 Å². The maximum Gasteiger partial charge on any atom is 0.265 e. The molecule has 1 N–H and O–H groups in total. The Bertz CT molecular complexity index is 886. The number of hydrogen-bond donors (Lipinski definition) is 1. The quantitative estimate of drug-likeness (QED) is 0.662. The van der Waals surface area contributed by atoms with Crippen LogP contribution in [0.15, 0.2) is 65.1 Å². The van der Waals surface area contributed by atoms with Crippen LogP contribution in [-0.4, -0.2) is 12.0 Å². The minimum absolute atomic E-state index is 0.176. The molecule has 0 fully saturated rings. The van der Waals surface area contributed by atoms with Gasteiger partial charge in [0.25, 0.3) is 5.91 Å². The Hall–Kier alpha value is -2.33. The van der Waals surface area contributed by atoms with E-state index in [2.05, 4.69) is 21.2 Å². The van der Waals surface area contributed by atoms with E-state index in [0.29, 0.717) is 5.75 Å². The van der Waals surface area contributed by atoms with Crippen molar-refractivity contribution < 1.29 is 9.53 Å². The molecular formula is C20H18BrNO2. The van der Waals surface area contributed by atoms with E-state index in [4.69, 9.17) is 4.74 Å². The highest BCUT2D eigenvalue weighted by Gasteiger charge is 2.16. The van der Waals surface area contributed by atoms with Crippen LogP contribution < -0.4 is 10.1 Å². The smallest absolute Gasteiger partial charge is 0.265 e. The predicted molar refractivity (Wildman–Crippen MR) is 102 cm³/mol. The zero-order valence-electron chi connectivity index (χ0n) is 13.5. The zero-order valence-corrected chi connectivity index (χ0v) is 15.1. The molecule has 3 aromatic carbocycles. The summed E-state index contributed by atoms with van der Waals surface area (Å²) in [6, 6.07) is 19.5. The Kier molecular flexibility index (Phi) is 4.86. The van der Waals surface area contributed by atoms with Crippen LogP contribution in [0.3, 0.4) is 0 Å². The molecule has 0 unspecified atom stereocenters. The molecule has 122 valence electrons. The molecule has 0 aromatic heterocycles. The topological polar surface area (TPSA) is 38.3 Å². The molecule has 0 aliphatic rings. The van der Waals surface area contributed by atoms with Gasteiger partial charge in [0.1, 0.15) is 5.75 Å². The Balaban J connectivity index is 1.75. The summed E-state index contributed by atoms with van der Waals surface area (Å²) < 4.78 is 6.91. The summed E-state index contributed by atoms with van der Waals surface area (Å²) in [6.07, 6.45) is -0.597. The fourth-order valence-electron chi connectivity index (χ4n) is 2.51. The third kappa shape index (κ3) is 3.60. The van der Waals surface area contributed by atoms with Crippen molar-refractivity contribution in [2.45, 2.75) is 20.0 Å². The number of amides is 1. The largest absolute Gasteiger partial charge is 0.480 e. The average molecular weight is 384 g/mol. The molecule has 0 heterocycles. The van der Waals surface area contributed by atoms with Gasteiger partial charge in [0, 0.05) is 15.5 Å². The number of rotatable bonds is 4. The number of aryl methyl sites for hydroxylation is 1. The van der Waals surface area contributed by atoms with Gasteiger partial charge in [-0.25, -0.2) is 0 Å². The van der Waals surface area contributed by atoms with Crippen molar-refractivity contribution in [3.8, 4) is 5.75 Å². The Labute approximate surface area is 149 Å². The Morgan fingerprint density at radius 2 is 1.83 bits per heavy atom. The molecule has 24 heavy (non-hydrogen) atoms. The third-order valence-electron chi connectivity index (χ3n) is 3.85. The number of nitrogens with one attached hydrogen (secondary N) is 1. The summed E-state index contributed by atoms with van der Waals surface area (Å²) >= 11 is 3.45. The van der Waals surface area contributed by atoms with E-state index in [1.54, 1.807) is 6.92 Å². The first-order valence-corrected chi connectivity index (χ1v) is 8.55. The van der Waals surface area contributed by atoms with E-state index in [-0.39, 0.29) is 5.91 Å². The lowest BCUT2D eigenvalue weighted by Crippen LogP contribution is -2.30. The highest BCUT2D eigenvalue weighted by molar-refractivity contribution is 9.10. The van der Waals surface area contributed by atoms with Gasteiger partial charge >= 0.3 is 0 Å². The first kappa shape index (κ1) is 16.5. The lowest BCUT2D eigenvalue weighted by atomic mass is 10.1. The van der Waals surface area contributed by atoms with E-state index in [9.17, 15) is 4.79 Å². The van der Waals surface area contributed by atoms with Crippen LogP contribution >= 0.6 is 15.9 Å². The number of benzene rings is 3. The van der Waals surface area contributed by atoms with Crippen LogP contribution in [0, 0.1) is 6.92 Å². The van der Waals surface area contributed by atoms with Crippen LogP contribution in [0.2, 0.25) is 0 Å². The molecule has 3 rings (SSSR count). The first-order valence-electron chi connectivity index (χ1n) is 7.76. The summed E-state index contributed by atoms with van der Waals surface area (Å²) in [5, 5.41) is 4.98. The van der Waals surface area contributed by atoms with Crippen molar-refractivity contribution in [2.24, 2.45) is 0 Å². The minimum Gasteiger partial charge on any atom is -0.480 e. The van der Waals surface area contributed by atoms with Crippen molar-refractivity contribution in [1.29, 1.82) is 0 Å². The molecule has 0 aliphatic heterocycles. The van der Waals surface area contributed by atoms with Crippen molar-refractivity contribution >= 4 is 38.3 Å². The number of anilines is 1. The molecule has 4 heteroatoms. The fourth-order valence-corrected chi connectivity index (χ4v) is 2.76. The van der Waals surface area contributed by atoms with E-state index in [1.807, 2.05) is 67.6 Å².